The third kappa shape index (κ3) is 224. The van der Waals surface area contributed by atoms with E-state index < -0.39 is 29.0 Å². The zero-order chi connectivity index (χ0) is 7.15. The summed E-state index contributed by atoms with van der Waals surface area (Å²) in [6.45, 7) is 0. The van der Waals surface area contributed by atoms with Crippen molar-refractivity contribution in [1.82, 2.24) is 0 Å². The fraction of sp³-hybridized carbons (Fsp3) is 0. The molecule has 0 saturated carbocycles. The van der Waals surface area contributed by atoms with E-state index in [-0.39, 0.29) is 42.2 Å². The largest absolute Gasteiger partial charge is 3.00 e. The van der Waals surface area contributed by atoms with Gasteiger partial charge in [-0.25, -0.2) is 0 Å². The molecule has 0 radical (unpaired) electrons. The molecule has 0 aliphatic heterocycles. The van der Waals surface area contributed by atoms with Crippen LogP contribution < -0.4 is 16.8 Å². The topological polar surface area (TPSA) is 126 Å². The van der Waals surface area contributed by atoms with Crippen molar-refractivity contribution < 1.29 is 46.8 Å². The summed E-state index contributed by atoms with van der Waals surface area (Å²) >= 11 is -7.58. The molecule has 0 amide bonds. The van der Waals surface area contributed by atoms with E-state index in [4.69, 9.17) is 24.4 Å². The maximum atomic E-state index is 8.54. The molecule has 0 rings (SSSR count). The first kappa shape index (κ1) is 22.6. The summed E-state index contributed by atoms with van der Waals surface area (Å²) in [5, 5.41) is 0. The fourth-order valence-corrected chi connectivity index (χ4v) is 0. The molecular weight excluding hydrogens is 432 g/mol. The van der Waals surface area contributed by atoms with Gasteiger partial charge in [0.2, 0.25) is 0 Å². The molecule has 62 valence electrons. The van der Waals surface area contributed by atoms with E-state index in [0.29, 0.717) is 0 Å². The van der Waals surface area contributed by atoms with Crippen molar-refractivity contribution in [3.8, 4) is 0 Å². The smallest absolute Gasteiger partial charge is 1.00 e. The summed E-state index contributed by atoms with van der Waals surface area (Å²) < 4.78 is 51.2. The van der Waals surface area contributed by atoms with Crippen LogP contribution in [0.2, 0.25) is 0 Å². The van der Waals surface area contributed by atoms with E-state index in [1.54, 1.807) is 0 Å². The molecule has 0 N–H and O–H groups in total. The van der Waals surface area contributed by atoms with Gasteiger partial charge in [0.05, 0.1) is 0 Å². The molecule has 0 saturated heterocycles. The summed E-state index contributed by atoms with van der Waals surface area (Å²) in [5.74, 6) is 0. The van der Waals surface area contributed by atoms with Crippen LogP contribution in [-0.4, -0.2) is 48.8 Å². The van der Waals surface area contributed by atoms with Gasteiger partial charge in [-0.05, 0) is 0 Å². The Morgan fingerprint density at radius 3 is 0.800 bits per heavy atom. The van der Waals surface area contributed by atoms with Crippen LogP contribution in [0.1, 0.15) is 0 Å². The first-order valence-electron chi connectivity index (χ1n) is 1.00. The van der Waals surface area contributed by atoms with Crippen molar-refractivity contribution in [2.24, 2.45) is 0 Å². The van der Waals surface area contributed by atoms with Gasteiger partial charge in [-0.3, -0.25) is 0 Å². The van der Waals surface area contributed by atoms with Crippen LogP contribution in [0.25, 0.3) is 0 Å². The van der Waals surface area contributed by atoms with Crippen molar-refractivity contribution in [2.45, 2.75) is 0 Å². The average molecular weight is 432 g/mol. The molecule has 0 unspecified atom stereocenters. The van der Waals surface area contributed by atoms with Crippen molar-refractivity contribution in [1.29, 1.82) is 0 Å². The number of hydrogen-bond donors (Lipinski definition) is 0. The van der Waals surface area contributed by atoms with Gasteiger partial charge in [0.1, 0.15) is 0 Å². The van der Waals surface area contributed by atoms with Crippen LogP contribution in [0.3, 0.4) is 0 Å². The van der Waals surface area contributed by atoms with Crippen LogP contribution in [0.4, 0.5) is 0 Å². The second-order valence-corrected chi connectivity index (χ2v) is 2.12. The molecule has 0 aromatic heterocycles. The van der Waals surface area contributed by atoms with Gasteiger partial charge in [0.25, 0.3) is 0 Å². The Labute approximate surface area is 94.7 Å². The van der Waals surface area contributed by atoms with Gasteiger partial charge < -0.3 is 0 Å². The van der Waals surface area contributed by atoms with Crippen LogP contribution in [0, 0.1) is 0 Å². The zero-order valence-corrected chi connectivity index (χ0v) is 11.5. The molecule has 6 nitrogen and oxygen atoms in total. The Kier molecular flexibility index (Phi) is 38.7. The third-order valence-electron chi connectivity index (χ3n) is 0. The Morgan fingerprint density at radius 1 is 0.800 bits per heavy atom. The number of hydrogen-bond acceptors (Lipinski definition) is 6. The van der Waals surface area contributed by atoms with Gasteiger partial charge >= 0.3 is 95.6 Å². The van der Waals surface area contributed by atoms with Gasteiger partial charge in [0.15, 0.2) is 0 Å². The predicted molar refractivity (Wildman–Crippen MR) is 18.6 cm³/mol. The SMILES string of the molecule is O=[Se]([O-])[O-].O=[Se]([O-])[O-].[Ag+].[Ga+3]. The van der Waals surface area contributed by atoms with E-state index >= 15 is 0 Å². The fourth-order valence-electron chi connectivity index (χ4n) is 0. The Balaban J connectivity index is -0.0000000300. The van der Waals surface area contributed by atoms with Crippen LogP contribution in [0.15, 0.2) is 0 Å². The summed E-state index contributed by atoms with van der Waals surface area (Å²) in [5.41, 5.74) is 0. The Morgan fingerprint density at radius 2 is 0.800 bits per heavy atom. The molecule has 0 heterocycles. The summed E-state index contributed by atoms with van der Waals surface area (Å²) in [4.78, 5) is 0. The van der Waals surface area contributed by atoms with Crippen LogP contribution in [-0.2, 0) is 30.0 Å². The Bertz CT molecular complexity index is 73.7. The maximum absolute atomic E-state index is 8.54. The second-order valence-electron chi connectivity index (χ2n) is 0.408. The van der Waals surface area contributed by atoms with Crippen LogP contribution in [0.5, 0.6) is 0 Å². The van der Waals surface area contributed by atoms with Gasteiger partial charge in [-0.15, -0.1) is 0 Å². The van der Waals surface area contributed by atoms with Crippen molar-refractivity contribution in [2.75, 3.05) is 0 Å². The predicted octanol–water partition coefficient (Wildman–Crippen LogP) is -6.14. The minimum absolute atomic E-state index is 0. The molecule has 0 aromatic carbocycles. The standard InChI is InChI=1S/Ag.Ga.2H2O3Se/c;;2*1-4(2)3/h;;2*(H2,1,2,3)/q+1;+3;;/p-4. The first-order chi connectivity index (χ1) is 3.46. The van der Waals surface area contributed by atoms with Crippen molar-refractivity contribution in [3.05, 3.63) is 0 Å². The zero-order valence-electron chi connectivity index (χ0n) is 4.14. The van der Waals surface area contributed by atoms with Crippen LogP contribution >= 0.6 is 0 Å². The summed E-state index contributed by atoms with van der Waals surface area (Å²) in [6, 6.07) is 0. The summed E-state index contributed by atoms with van der Waals surface area (Å²) in [7, 11) is 0. The van der Waals surface area contributed by atoms with E-state index in [1.807, 2.05) is 0 Å². The monoisotopic (exact) mass is 432 g/mol. The molecule has 0 atom stereocenters. The molecule has 0 bridgehead atoms. The Hall–Kier alpha value is 1.86. The van der Waals surface area contributed by atoms with E-state index in [2.05, 4.69) is 0 Å². The third-order valence-corrected chi connectivity index (χ3v) is 0. The molecule has 0 aromatic rings. The minimum Gasteiger partial charge on any atom is 1.00 e. The molecule has 0 spiro atoms. The van der Waals surface area contributed by atoms with E-state index in [9.17, 15) is 0 Å². The first-order valence-corrected chi connectivity index (χ1v) is 5.20. The maximum Gasteiger partial charge on any atom is 3.00 e. The molecule has 0 fully saturated rings. The summed E-state index contributed by atoms with van der Waals surface area (Å²) in [6.07, 6.45) is 0. The van der Waals surface area contributed by atoms with E-state index in [0.717, 1.165) is 0 Å². The molecule has 10 heavy (non-hydrogen) atoms. The molecule has 10 heteroatoms. The number of rotatable bonds is 0. The molecule has 0 aliphatic rings. The second kappa shape index (κ2) is 17.1. The van der Waals surface area contributed by atoms with Crippen molar-refractivity contribution in [3.63, 3.8) is 0 Å². The minimum atomic E-state index is -3.79. The van der Waals surface area contributed by atoms with E-state index in [1.165, 1.54) is 0 Å². The molecule has 0 aliphatic carbocycles. The molecular formula is AgGaO6Se2. The average Bonchev–Trinajstić information content (AvgIpc) is 1.25. The van der Waals surface area contributed by atoms with Gasteiger partial charge in [-0.1, -0.05) is 0 Å². The van der Waals surface area contributed by atoms with Crippen molar-refractivity contribution >= 4 is 48.8 Å². The quantitative estimate of drug-likeness (QED) is 0.351. The van der Waals surface area contributed by atoms with Gasteiger partial charge in [0, 0.05) is 0 Å². The normalized spacial score (nSPS) is 7.00. The van der Waals surface area contributed by atoms with Gasteiger partial charge in [-0.2, -0.15) is 0 Å².